The number of nitrogens with one attached hydrogen (secondary N) is 2. The molecule has 0 radical (unpaired) electrons. The monoisotopic (exact) mass is 292 g/mol. The van der Waals surface area contributed by atoms with Crippen molar-refractivity contribution in [3.8, 4) is 0 Å². The summed E-state index contributed by atoms with van der Waals surface area (Å²) in [6, 6.07) is 11.5. The van der Waals surface area contributed by atoms with Crippen molar-refractivity contribution in [1.29, 1.82) is 0 Å². The predicted molar refractivity (Wildman–Crippen MR) is 87.8 cm³/mol. The number of aromatic nitrogens is 2. The summed E-state index contributed by atoms with van der Waals surface area (Å²) in [5, 5.41) is 7.00. The lowest BCUT2D eigenvalue weighted by molar-refractivity contribution is -0.114. The van der Waals surface area contributed by atoms with Crippen LogP contribution in [0.4, 0.5) is 11.4 Å². The minimum Gasteiger partial charge on any atom is -0.376 e. The second-order valence-corrected chi connectivity index (χ2v) is 4.97. The summed E-state index contributed by atoms with van der Waals surface area (Å²) in [6.45, 7) is 2.11. The second-order valence-electron chi connectivity index (χ2n) is 4.97. The molecule has 1 aromatic carbocycles. The van der Waals surface area contributed by atoms with Gasteiger partial charge in [-0.1, -0.05) is 18.2 Å². The van der Waals surface area contributed by atoms with E-state index in [2.05, 4.69) is 20.6 Å². The highest BCUT2D eigenvalue weighted by Crippen LogP contribution is 2.20. The van der Waals surface area contributed by atoms with Crippen molar-refractivity contribution in [2.24, 2.45) is 0 Å². The molecule has 0 aliphatic carbocycles. The Hall–Kier alpha value is -2.95. The Morgan fingerprint density at radius 3 is 2.82 bits per heavy atom. The largest absolute Gasteiger partial charge is 0.376 e. The van der Waals surface area contributed by atoms with Gasteiger partial charge >= 0.3 is 0 Å². The van der Waals surface area contributed by atoms with Gasteiger partial charge in [-0.25, -0.2) is 0 Å². The van der Waals surface area contributed by atoms with Crippen molar-refractivity contribution < 1.29 is 4.79 Å². The number of fused-ring (bicyclic) bond motifs is 1. The van der Waals surface area contributed by atoms with Gasteiger partial charge in [-0.2, -0.15) is 0 Å². The van der Waals surface area contributed by atoms with Gasteiger partial charge in [0.05, 0.1) is 23.9 Å². The van der Waals surface area contributed by atoms with Gasteiger partial charge in [-0.15, -0.1) is 0 Å². The van der Waals surface area contributed by atoms with E-state index >= 15 is 0 Å². The van der Waals surface area contributed by atoms with Crippen LogP contribution < -0.4 is 10.6 Å². The average molecular weight is 292 g/mol. The third-order valence-corrected chi connectivity index (χ3v) is 3.40. The van der Waals surface area contributed by atoms with E-state index in [0.29, 0.717) is 0 Å². The van der Waals surface area contributed by atoms with Gasteiger partial charge in [0.25, 0.3) is 0 Å². The molecule has 2 aromatic heterocycles. The quantitative estimate of drug-likeness (QED) is 0.775. The molecule has 0 aliphatic rings. The third-order valence-electron chi connectivity index (χ3n) is 3.40. The maximum absolute atomic E-state index is 12.1. The van der Waals surface area contributed by atoms with Crippen LogP contribution >= 0.6 is 0 Å². The predicted octanol–water partition coefficient (Wildman–Crippen LogP) is 2.99. The molecule has 0 bridgehead atoms. The number of pyridine rings is 2. The highest BCUT2D eigenvalue weighted by molar-refractivity contribution is 5.97. The van der Waals surface area contributed by atoms with Crippen molar-refractivity contribution in [3.63, 3.8) is 0 Å². The van der Waals surface area contributed by atoms with Gasteiger partial charge in [0.1, 0.15) is 0 Å². The summed E-state index contributed by atoms with van der Waals surface area (Å²) in [4.78, 5) is 20.4. The van der Waals surface area contributed by atoms with Gasteiger partial charge < -0.3 is 10.6 Å². The fraction of sp³-hybridized carbons (Fsp3) is 0.118. The third kappa shape index (κ3) is 3.03. The van der Waals surface area contributed by atoms with Crippen LogP contribution in [-0.2, 0) is 4.79 Å². The second kappa shape index (κ2) is 6.22. The van der Waals surface area contributed by atoms with E-state index in [0.717, 1.165) is 27.8 Å². The van der Waals surface area contributed by atoms with E-state index in [4.69, 9.17) is 0 Å². The SMILES string of the molecule is Cc1ccncc1NC(=O)CNc1ccnc2ccccc12. The molecular weight excluding hydrogens is 276 g/mol. The first-order valence-corrected chi connectivity index (χ1v) is 7.02. The van der Waals surface area contributed by atoms with Crippen LogP contribution in [0.3, 0.4) is 0 Å². The number of hydrogen-bond acceptors (Lipinski definition) is 4. The Labute approximate surface area is 128 Å². The van der Waals surface area contributed by atoms with Crippen LogP contribution in [0, 0.1) is 6.92 Å². The number of hydrogen-bond donors (Lipinski definition) is 2. The Bertz CT molecular complexity index is 811. The maximum Gasteiger partial charge on any atom is 0.243 e. The zero-order valence-corrected chi connectivity index (χ0v) is 12.2. The fourth-order valence-electron chi connectivity index (χ4n) is 2.21. The number of carbonyl (C=O) groups excluding carboxylic acids is 1. The molecule has 0 saturated carbocycles. The molecule has 110 valence electrons. The number of benzene rings is 1. The fourth-order valence-corrected chi connectivity index (χ4v) is 2.21. The minimum atomic E-state index is -0.114. The first-order valence-electron chi connectivity index (χ1n) is 7.02. The minimum absolute atomic E-state index is 0.114. The van der Waals surface area contributed by atoms with Crippen molar-refractivity contribution in [3.05, 3.63) is 60.6 Å². The number of nitrogens with zero attached hydrogens (tertiary/aromatic N) is 2. The number of amides is 1. The summed E-state index contributed by atoms with van der Waals surface area (Å²) < 4.78 is 0. The van der Waals surface area contributed by atoms with Crippen molar-refractivity contribution in [2.75, 3.05) is 17.2 Å². The van der Waals surface area contributed by atoms with Gasteiger partial charge in [0, 0.05) is 23.5 Å². The van der Waals surface area contributed by atoms with E-state index < -0.39 is 0 Å². The Balaban J connectivity index is 1.69. The molecule has 0 spiro atoms. The highest BCUT2D eigenvalue weighted by Gasteiger charge is 2.06. The lowest BCUT2D eigenvalue weighted by Crippen LogP contribution is -2.22. The van der Waals surface area contributed by atoms with Gasteiger partial charge in [-0.05, 0) is 30.7 Å². The molecule has 2 heterocycles. The molecule has 0 saturated heterocycles. The molecule has 1 amide bonds. The van der Waals surface area contributed by atoms with Crippen molar-refractivity contribution in [1.82, 2.24) is 9.97 Å². The Morgan fingerprint density at radius 2 is 1.95 bits per heavy atom. The Kier molecular flexibility index (Phi) is 3.96. The molecular formula is C17H16N4O. The molecule has 0 atom stereocenters. The summed E-state index contributed by atoms with van der Waals surface area (Å²) >= 11 is 0. The lowest BCUT2D eigenvalue weighted by atomic mass is 10.2. The number of anilines is 2. The van der Waals surface area contributed by atoms with Crippen molar-refractivity contribution in [2.45, 2.75) is 6.92 Å². The van der Waals surface area contributed by atoms with E-state index in [1.165, 1.54) is 0 Å². The molecule has 3 rings (SSSR count). The average Bonchev–Trinajstić information content (AvgIpc) is 2.55. The molecule has 0 aliphatic heterocycles. The van der Waals surface area contributed by atoms with E-state index in [9.17, 15) is 4.79 Å². The molecule has 5 nitrogen and oxygen atoms in total. The van der Waals surface area contributed by atoms with Crippen LogP contribution in [0.25, 0.3) is 10.9 Å². The summed E-state index contributed by atoms with van der Waals surface area (Å²) in [5.74, 6) is -0.114. The molecule has 22 heavy (non-hydrogen) atoms. The molecule has 2 N–H and O–H groups in total. The van der Waals surface area contributed by atoms with E-state index in [1.54, 1.807) is 18.6 Å². The smallest absolute Gasteiger partial charge is 0.243 e. The first-order chi connectivity index (χ1) is 10.7. The van der Waals surface area contributed by atoms with E-state index in [-0.39, 0.29) is 12.5 Å². The highest BCUT2D eigenvalue weighted by atomic mass is 16.1. The molecule has 0 fully saturated rings. The zero-order chi connectivity index (χ0) is 15.4. The van der Waals surface area contributed by atoms with E-state index in [1.807, 2.05) is 43.3 Å². The number of carbonyl (C=O) groups is 1. The normalized spacial score (nSPS) is 10.4. The summed E-state index contributed by atoms with van der Waals surface area (Å²) in [7, 11) is 0. The van der Waals surface area contributed by atoms with Crippen molar-refractivity contribution >= 4 is 28.2 Å². The topological polar surface area (TPSA) is 66.9 Å². The maximum atomic E-state index is 12.1. The van der Waals surface area contributed by atoms with Gasteiger partial charge in [0.2, 0.25) is 5.91 Å². The van der Waals surface area contributed by atoms with Crippen LogP contribution in [0.2, 0.25) is 0 Å². The lowest BCUT2D eigenvalue weighted by Gasteiger charge is -2.10. The van der Waals surface area contributed by atoms with Crippen LogP contribution in [0.1, 0.15) is 5.56 Å². The zero-order valence-electron chi connectivity index (χ0n) is 12.2. The molecule has 5 heteroatoms. The number of para-hydroxylation sites is 1. The summed E-state index contributed by atoms with van der Waals surface area (Å²) in [5.41, 5.74) is 3.51. The van der Waals surface area contributed by atoms with Gasteiger partial charge in [0.15, 0.2) is 0 Å². The van der Waals surface area contributed by atoms with Gasteiger partial charge in [-0.3, -0.25) is 14.8 Å². The standard InChI is InChI=1S/C17H16N4O/c1-12-6-8-18-10-16(12)21-17(22)11-20-15-7-9-19-14-5-3-2-4-13(14)15/h2-10H,11H2,1H3,(H,19,20)(H,21,22). The number of aryl methyl sites for hydroxylation is 1. The van der Waals surface area contributed by atoms with Crippen LogP contribution in [-0.4, -0.2) is 22.4 Å². The molecule has 3 aromatic rings. The van der Waals surface area contributed by atoms with Crippen LogP contribution in [0.15, 0.2) is 55.0 Å². The first kappa shape index (κ1) is 14.0. The van der Waals surface area contributed by atoms with Crippen LogP contribution in [0.5, 0.6) is 0 Å². The number of rotatable bonds is 4. The summed E-state index contributed by atoms with van der Waals surface area (Å²) in [6.07, 6.45) is 5.08. The molecule has 0 unspecified atom stereocenters. The Morgan fingerprint density at radius 1 is 1.09 bits per heavy atom.